The monoisotopic (exact) mass is 264 g/mol. The van der Waals surface area contributed by atoms with Crippen LogP contribution in [0.1, 0.15) is 5.56 Å². The Morgan fingerprint density at radius 2 is 1.50 bits per heavy atom. The lowest BCUT2D eigenvalue weighted by molar-refractivity contribution is 0.591. The summed E-state index contributed by atoms with van der Waals surface area (Å²) in [5.41, 5.74) is 0.428. The fraction of sp³-hybridized carbons (Fsp3) is 0.143. The van der Waals surface area contributed by atoms with Crippen molar-refractivity contribution >= 4 is 9.84 Å². The molecule has 2 rings (SSSR count). The first kappa shape index (κ1) is 12.8. The Bertz CT molecular complexity index is 621. The molecule has 0 saturated carbocycles. The Hall–Kier alpha value is -1.68. The van der Waals surface area contributed by atoms with Gasteiger partial charge in [-0.15, -0.1) is 0 Å². The van der Waals surface area contributed by atoms with Crippen molar-refractivity contribution in [2.75, 3.05) is 5.75 Å². The van der Waals surface area contributed by atoms with Crippen molar-refractivity contribution in [1.82, 2.24) is 0 Å². The highest BCUT2D eigenvalue weighted by molar-refractivity contribution is 7.91. The van der Waals surface area contributed by atoms with Gasteiger partial charge in [0.2, 0.25) is 0 Å². The molecule has 0 bridgehead atoms. The molecule has 0 aromatic heterocycles. The summed E-state index contributed by atoms with van der Waals surface area (Å²) in [6, 6.07) is 14.5. The zero-order valence-corrected chi connectivity index (χ0v) is 10.5. The number of rotatable bonds is 4. The van der Waals surface area contributed by atoms with Crippen LogP contribution in [0.2, 0.25) is 0 Å². The fourth-order valence-corrected chi connectivity index (χ4v) is 2.99. The van der Waals surface area contributed by atoms with Gasteiger partial charge in [0.1, 0.15) is 5.82 Å². The molecule has 2 aromatic rings. The van der Waals surface area contributed by atoms with E-state index in [1.165, 1.54) is 6.07 Å². The third kappa shape index (κ3) is 2.96. The molecule has 2 nitrogen and oxygen atoms in total. The molecule has 0 aliphatic heterocycles. The highest BCUT2D eigenvalue weighted by atomic mass is 32.2. The van der Waals surface area contributed by atoms with Gasteiger partial charge in [-0.25, -0.2) is 12.8 Å². The Kier molecular flexibility index (Phi) is 3.77. The summed E-state index contributed by atoms with van der Waals surface area (Å²) >= 11 is 0. The van der Waals surface area contributed by atoms with Crippen LogP contribution in [0.25, 0.3) is 0 Å². The van der Waals surface area contributed by atoms with Crippen LogP contribution < -0.4 is 0 Å². The summed E-state index contributed by atoms with van der Waals surface area (Å²) in [7, 11) is -3.34. The van der Waals surface area contributed by atoms with Crippen LogP contribution in [0.4, 0.5) is 4.39 Å². The van der Waals surface area contributed by atoms with Gasteiger partial charge in [-0.1, -0.05) is 36.4 Å². The van der Waals surface area contributed by atoms with Crippen LogP contribution in [-0.4, -0.2) is 14.2 Å². The SMILES string of the molecule is O=S(=O)(CCc1ccccc1F)c1ccccc1. The first-order valence-electron chi connectivity index (χ1n) is 5.61. The molecule has 4 heteroatoms. The maximum absolute atomic E-state index is 13.4. The van der Waals surface area contributed by atoms with Crippen molar-refractivity contribution in [3.8, 4) is 0 Å². The number of sulfone groups is 1. The molecule has 2 aromatic carbocycles. The molecular formula is C14H13FO2S. The predicted molar refractivity (Wildman–Crippen MR) is 68.6 cm³/mol. The van der Waals surface area contributed by atoms with E-state index in [1.54, 1.807) is 48.5 Å². The number of hydrogen-bond acceptors (Lipinski definition) is 2. The molecule has 0 unspecified atom stereocenters. The highest BCUT2D eigenvalue weighted by Gasteiger charge is 2.14. The third-order valence-corrected chi connectivity index (χ3v) is 4.43. The second-order valence-electron chi connectivity index (χ2n) is 3.97. The number of benzene rings is 2. The standard InChI is InChI=1S/C14H13FO2S/c15-14-9-5-4-6-12(14)10-11-18(16,17)13-7-2-1-3-8-13/h1-9H,10-11H2. The van der Waals surface area contributed by atoms with E-state index >= 15 is 0 Å². The minimum absolute atomic E-state index is 0.0854. The van der Waals surface area contributed by atoms with Crippen molar-refractivity contribution in [1.29, 1.82) is 0 Å². The topological polar surface area (TPSA) is 34.1 Å². The third-order valence-electron chi connectivity index (χ3n) is 2.70. The predicted octanol–water partition coefficient (Wildman–Crippen LogP) is 2.84. The maximum Gasteiger partial charge on any atom is 0.178 e. The van der Waals surface area contributed by atoms with Crippen LogP contribution in [0.3, 0.4) is 0 Å². The largest absolute Gasteiger partial charge is 0.224 e. The Morgan fingerprint density at radius 1 is 0.889 bits per heavy atom. The van der Waals surface area contributed by atoms with E-state index in [9.17, 15) is 12.8 Å². The average Bonchev–Trinajstić information content (AvgIpc) is 2.39. The molecule has 0 N–H and O–H groups in total. The van der Waals surface area contributed by atoms with E-state index < -0.39 is 9.84 Å². The van der Waals surface area contributed by atoms with E-state index in [-0.39, 0.29) is 22.9 Å². The van der Waals surface area contributed by atoms with Crippen molar-refractivity contribution in [2.24, 2.45) is 0 Å². The van der Waals surface area contributed by atoms with E-state index in [0.29, 0.717) is 5.56 Å². The van der Waals surface area contributed by atoms with E-state index in [0.717, 1.165) is 0 Å². The van der Waals surface area contributed by atoms with Gasteiger partial charge in [0.25, 0.3) is 0 Å². The van der Waals surface area contributed by atoms with Crippen molar-refractivity contribution in [2.45, 2.75) is 11.3 Å². The Morgan fingerprint density at radius 3 is 2.17 bits per heavy atom. The molecule has 0 aliphatic rings. The molecule has 0 radical (unpaired) electrons. The summed E-state index contributed by atoms with van der Waals surface area (Å²) in [6.07, 6.45) is 0.184. The molecule has 0 fully saturated rings. The zero-order chi connectivity index (χ0) is 13.0. The quantitative estimate of drug-likeness (QED) is 0.851. The molecule has 0 atom stereocenters. The van der Waals surface area contributed by atoms with Gasteiger partial charge in [-0.05, 0) is 30.2 Å². The van der Waals surface area contributed by atoms with Crippen LogP contribution in [0.5, 0.6) is 0 Å². The van der Waals surface area contributed by atoms with Gasteiger partial charge in [0.05, 0.1) is 10.6 Å². The van der Waals surface area contributed by atoms with E-state index in [2.05, 4.69) is 0 Å². The summed E-state index contributed by atoms with van der Waals surface area (Å²) in [5.74, 6) is -0.446. The van der Waals surface area contributed by atoms with Crippen molar-refractivity contribution in [3.63, 3.8) is 0 Å². The van der Waals surface area contributed by atoms with Gasteiger partial charge in [-0.3, -0.25) is 0 Å². The molecule has 94 valence electrons. The van der Waals surface area contributed by atoms with Crippen molar-refractivity contribution < 1.29 is 12.8 Å². The lowest BCUT2D eigenvalue weighted by Crippen LogP contribution is -2.09. The van der Waals surface area contributed by atoms with Crippen LogP contribution in [-0.2, 0) is 16.3 Å². The summed E-state index contributed by atoms with van der Waals surface area (Å²) in [5, 5.41) is 0. The lowest BCUT2D eigenvalue weighted by Gasteiger charge is -2.05. The Labute approximate surface area is 106 Å². The molecule has 0 amide bonds. The van der Waals surface area contributed by atoms with Gasteiger partial charge >= 0.3 is 0 Å². The second-order valence-corrected chi connectivity index (χ2v) is 6.08. The lowest BCUT2D eigenvalue weighted by atomic mass is 10.2. The smallest absolute Gasteiger partial charge is 0.178 e. The van der Waals surface area contributed by atoms with Crippen LogP contribution >= 0.6 is 0 Å². The fourth-order valence-electron chi connectivity index (χ4n) is 1.69. The second kappa shape index (κ2) is 5.31. The molecule has 18 heavy (non-hydrogen) atoms. The minimum Gasteiger partial charge on any atom is -0.224 e. The molecule has 0 heterocycles. The average molecular weight is 264 g/mol. The minimum atomic E-state index is -3.34. The summed E-state index contributed by atoms with van der Waals surface area (Å²) in [4.78, 5) is 0.279. The molecule has 0 aliphatic carbocycles. The number of hydrogen-bond donors (Lipinski definition) is 0. The molecular weight excluding hydrogens is 251 g/mol. The van der Waals surface area contributed by atoms with E-state index in [1.807, 2.05) is 0 Å². The molecule has 0 saturated heterocycles. The molecule has 0 spiro atoms. The van der Waals surface area contributed by atoms with Gasteiger partial charge in [-0.2, -0.15) is 0 Å². The van der Waals surface area contributed by atoms with Gasteiger partial charge in [0.15, 0.2) is 9.84 Å². The zero-order valence-electron chi connectivity index (χ0n) is 9.71. The van der Waals surface area contributed by atoms with Crippen LogP contribution in [0, 0.1) is 5.82 Å². The number of halogens is 1. The van der Waals surface area contributed by atoms with Gasteiger partial charge < -0.3 is 0 Å². The van der Waals surface area contributed by atoms with Crippen molar-refractivity contribution in [3.05, 3.63) is 66.0 Å². The highest BCUT2D eigenvalue weighted by Crippen LogP contribution is 2.14. The Balaban J connectivity index is 2.14. The first-order chi connectivity index (χ1) is 8.59. The summed E-state index contributed by atoms with van der Waals surface area (Å²) in [6.45, 7) is 0. The van der Waals surface area contributed by atoms with Gasteiger partial charge in [0, 0.05) is 0 Å². The van der Waals surface area contributed by atoms with E-state index in [4.69, 9.17) is 0 Å². The van der Waals surface area contributed by atoms with Crippen LogP contribution in [0.15, 0.2) is 59.5 Å². The maximum atomic E-state index is 13.4. The summed E-state index contributed by atoms with van der Waals surface area (Å²) < 4.78 is 37.4. The number of aryl methyl sites for hydroxylation is 1. The normalized spacial score (nSPS) is 11.4. The first-order valence-corrected chi connectivity index (χ1v) is 7.26.